The molecule has 1 aliphatic carbocycles. The topological polar surface area (TPSA) is 107 Å². The van der Waals surface area contributed by atoms with Crippen LogP contribution < -0.4 is 5.73 Å². The summed E-state index contributed by atoms with van der Waals surface area (Å²) in [6.45, 7) is 0.148. The molecule has 0 spiro atoms. The van der Waals surface area contributed by atoms with E-state index in [0.29, 0.717) is 6.07 Å². The quantitative estimate of drug-likeness (QED) is 0.624. The largest absolute Gasteiger partial charge is 0.329 e. The lowest BCUT2D eigenvalue weighted by Crippen LogP contribution is -2.43. The van der Waals surface area contributed by atoms with E-state index in [2.05, 4.69) is 0 Å². The van der Waals surface area contributed by atoms with Crippen molar-refractivity contribution in [1.29, 1.82) is 0 Å². The Kier molecular flexibility index (Phi) is 4.26. The molecule has 116 valence electrons. The fraction of sp³-hybridized carbons (Fsp3) is 0.500. The van der Waals surface area contributed by atoms with Gasteiger partial charge in [0.05, 0.1) is 11.0 Å². The van der Waals surface area contributed by atoms with Crippen LogP contribution >= 0.6 is 0 Å². The number of sulfonamides is 1. The van der Waals surface area contributed by atoms with Crippen LogP contribution in [-0.2, 0) is 10.0 Å². The minimum Gasteiger partial charge on any atom is -0.329 e. The van der Waals surface area contributed by atoms with Crippen LogP contribution in [0.4, 0.5) is 10.1 Å². The first-order valence-corrected chi connectivity index (χ1v) is 7.85. The van der Waals surface area contributed by atoms with E-state index < -0.39 is 31.3 Å². The summed E-state index contributed by atoms with van der Waals surface area (Å²) in [6.07, 6.45) is 1.79. The molecule has 0 amide bonds. The predicted molar refractivity (Wildman–Crippen MR) is 73.6 cm³/mol. The second-order valence-electron chi connectivity index (χ2n) is 5.03. The van der Waals surface area contributed by atoms with E-state index in [9.17, 15) is 22.9 Å². The molecule has 1 aliphatic rings. The number of nitro groups is 1. The Morgan fingerprint density at radius 3 is 2.57 bits per heavy atom. The highest BCUT2D eigenvalue weighted by atomic mass is 32.2. The summed E-state index contributed by atoms with van der Waals surface area (Å²) in [5, 5.41) is 10.6. The van der Waals surface area contributed by atoms with Crippen molar-refractivity contribution in [2.45, 2.75) is 23.8 Å². The summed E-state index contributed by atoms with van der Waals surface area (Å²) in [6, 6.07) is 2.11. The van der Waals surface area contributed by atoms with E-state index >= 15 is 0 Å². The fourth-order valence-electron chi connectivity index (χ4n) is 2.26. The molecule has 0 aliphatic heterocycles. The van der Waals surface area contributed by atoms with E-state index in [0.717, 1.165) is 29.3 Å². The normalized spacial score (nSPS) is 17.0. The maximum absolute atomic E-state index is 13.9. The Balaban J connectivity index is 2.36. The smallest absolute Gasteiger partial charge is 0.272 e. The summed E-state index contributed by atoms with van der Waals surface area (Å²) in [5.74, 6) is -0.946. The van der Waals surface area contributed by atoms with Crippen molar-refractivity contribution in [2.24, 2.45) is 11.7 Å². The predicted octanol–water partition coefficient (Wildman–Crippen LogP) is 1.09. The van der Waals surface area contributed by atoms with Crippen molar-refractivity contribution in [3.05, 3.63) is 34.1 Å². The Morgan fingerprint density at radius 1 is 1.52 bits per heavy atom. The van der Waals surface area contributed by atoms with Gasteiger partial charge < -0.3 is 5.73 Å². The molecule has 0 radical (unpaired) electrons. The van der Waals surface area contributed by atoms with Crippen LogP contribution in [0.15, 0.2) is 23.1 Å². The van der Waals surface area contributed by atoms with E-state index in [1.54, 1.807) is 0 Å². The molecule has 2 N–H and O–H groups in total. The number of non-ortho nitro benzene ring substituents is 1. The van der Waals surface area contributed by atoms with Crippen molar-refractivity contribution >= 4 is 15.7 Å². The highest BCUT2D eigenvalue weighted by Crippen LogP contribution is 2.36. The van der Waals surface area contributed by atoms with E-state index in [1.807, 2.05) is 0 Å². The molecular weight excluding hydrogens is 301 g/mol. The molecule has 1 fully saturated rings. The fourth-order valence-corrected chi connectivity index (χ4v) is 3.73. The number of halogens is 1. The van der Waals surface area contributed by atoms with Gasteiger partial charge in [0.1, 0.15) is 10.7 Å². The average molecular weight is 317 g/mol. The second kappa shape index (κ2) is 5.66. The number of benzene rings is 1. The number of likely N-dealkylation sites (N-methyl/N-ethyl adjacent to an activating group) is 1. The van der Waals surface area contributed by atoms with Crippen LogP contribution in [0, 0.1) is 21.8 Å². The first kappa shape index (κ1) is 15.8. The summed E-state index contributed by atoms with van der Waals surface area (Å²) in [4.78, 5) is 9.21. The van der Waals surface area contributed by atoms with Crippen molar-refractivity contribution in [3.63, 3.8) is 0 Å². The number of nitro benzene ring substituents is 1. The number of nitrogens with zero attached hydrogens (tertiary/aromatic N) is 2. The molecule has 0 saturated heterocycles. The molecule has 0 aromatic heterocycles. The average Bonchev–Trinajstić information content (AvgIpc) is 3.23. The molecule has 0 bridgehead atoms. The summed E-state index contributed by atoms with van der Waals surface area (Å²) in [7, 11) is -2.72. The molecule has 1 atom stereocenters. The molecule has 0 heterocycles. The second-order valence-corrected chi connectivity index (χ2v) is 7.00. The molecule has 1 aromatic carbocycles. The van der Waals surface area contributed by atoms with Crippen LogP contribution in [-0.4, -0.2) is 37.3 Å². The third kappa shape index (κ3) is 3.04. The van der Waals surface area contributed by atoms with Crippen LogP contribution in [0.3, 0.4) is 0 Å². The van der Waals surface area contributed by atoms with Crippen LogP contribution in [0.1, 0.15) is 12.8 Å². The van der Waals surface area contributed by atoms with Gasteiger partial charge in [0, 0.05) is 25.7 Å². The monoisotopic (exact) mass is 317 g/mol. The van der Waals surface area contributed by atoms with Crippen molar-refractivity contribution in [2.75, 3.05) is 13.6 Å². The molecule has 2 rings (SSSR count). The van der Waals surface area contributed by atoms with Gasteiger partial charge >= 0.3 is 0 Å². The maximum Gasteiger partial charge on any atom is 0.272 e. The minimum atomic E-state index is -4.07. The number of rotatable bonds is 6. The Hall–Kier alpha value is -1.58. The first-order valence-electron chi connectivity index (χ1n) is 6.41. The number of hydrogen-bond donors (Lipinski definition) is 1. The Morgan fingerprint density at radius 2 is 2.14 bits per heavy atom. The Labute approximate surface area is 121 Å². The molecular formula is C12H16FN3O4S. The Bertz CT molecular complexity index is 660. The summed E-state index contributed by atoms with van der Waals surface area (Å²) < 4.78 is 39.8. The van der Waals surface area contributed by atoms with Gasteiger partial charge in [-0.15, -0.1) is 0 Å². The summed E-state index contributed by atoms with van der Waals surface area (Å²) in [5.41, 5.74) is 5.11. The molecule has 9 heteroatoms. The third-order valence-electron chi connectivity index (χ3n) is 3.66. The van der Waals surface area contributed by atoms with E-state index in [1.165, 1.54) is 7.05 Å². The van der Waals surface area contributed by atoms with E-state index in [4.69, 9.17) is 5.73 Å². The van der Waals surface area contributed by atoms with Gasteiger partial charge in [0.25, 0.3) is 5.69 Å². The van der Waals surface area contributed by atoms with Gasteiger partial charge in [-0.25, -0.2) is 12.8 Å². The van der Waals surface area contributed by atoms with Crippen LogP contribution in [0.25, 0.3) is 0 Å². The highest BCUT2D eigenvalue weighted by molar-refractivity contribution is 7.89. The standard InChI is InChI=1S/C12H16FN3O4S/c1-15(11(7-14)8-2-3-8)21(19,20)12-5-4-9(16(17)18)6-10(12)13/h4-6,8,11H,2-3,7,14H2,1H3. The zero-order chi connectivity index (χ0) is 15.8. The minimum absolute atomic E-state index is 0.148. The molecule has 1 saturated carbocycles. The number of nitrogens with two attached hydrogens (primary N) is 1. The molecule has 1 unspecified atom stereocenters. The van der Waals surface area contributed by atoms with Crippen molar-refractivity contribution in [1.82, 2.24) is 4.31 Å². The zero-order valence-corrected chi connectivity index (χ0v) is 12.2. The molecule has 21 heavy (non-hydrogen) atoms. The van der Waals surface area contributed by atoms with Crippen molar-refractivity contribution < 1.29 is 17.7 Å². The lowest BCUT2D eigenvalue weighted by molar-refractivity contribution is -0.385. The number of hydrogen-bond acceptors (Lipinski definition) is 5. The maximum atomic E-state index is 13.9. The van der Waals surface area contributed by atoms with E-state index in [-0.39, 0.29) is 18.5 Å². The van der Waals surface area contributed by atoms with Gasteiger partial charge in [0.15, 0.2) is 0 Å². The van der Waals surface area contributed by atoms with Crippen LogP contribution in [0.5, 0.6) is 0 Å². The van der Waals surface area contributed by atoms with Gasteiger partial charge in [-0.3, -0.25) is 10.1 Å². The highest BCUT2D eigenvalue weighted by Gasteiger charge is 2.39. The summed E-state index contributed by atoms with van der Waals surface area (Å²) >= 11 is 0. The lowest BCUT2D eigenvalue weighted by Gasteiger charge is -2.26. The third-order valence-corrected chi connectivity index (χ3v) is 5.57. The SMILES string of the molecule is CN(C(CN)C1CC1)S(=O)(=O)c1ccc([N+](=O)[O-])cc1F. The van der Waals surface area contributed by atoms with Gasteiger partial charge in [-0.1, -0.05) is 0 Å². The first-order chi connectivity index (χ1) is 9.78. The molecule has 7 nitrogen and oxygen atoms in total. The van der Waals surface area contributed by atoms with Gasteiger partial charge in [-0.2, -0.15) is 4.31 Å². The zero-order valence-electron chi connectivity index (χ0n) is 11.4. The lowest BCUT2D eigenvalue weighted by atomic mass is 10.2. The van der Waals surface area contributed by atoms with Crippen molar-refractivity contribution in [3.8, 4) is 0 Å². The van der Waals surface area contributed by atoms with Gasteiger partial charge in [-0.05, 0) is 24.8 Å². The molecule has 1 aromatic rings. The van der Waals surface area contributed by atoms with Gasteiger partial charge in [0.2, 0.25) is 10.0 Å². The van der Waals surface area contributed by atoms with Crippen LogP contribution in [0.2, 0.25) is 0 Å².